The average molecular weight is 515 g/mol. The Morgan fingerprint density at radius 1 is 1.11 bits per heavy atom. The normalized spacial score (nSPS) is 12.7. The molecule has 0 amide bonds. The lowest BCUT2D eigenvalue weighted by Crippen LogP contribution is -2.26. The number of halogens is 2. The van der Waals surface area contributed by atoms with E-state index < -0.39 is 17.2 Å². The van der Waals surface area contributed by atoms with Crippen molar-refractivity contribution in [3.8, 4) is 5.75 Å². The number of Topliss-reactive ketones (excluding diaryl/α,β-unsaturated/α-hetero) is 1. The number of aryl methyl sites for hydroxylation is 2. The number of hydrogen-bond acceptors (Lipinski definition) is 5. The van der Waals surface area contributed by atoms with Gasteiger partial charge in [-0.05, 0) is 76.6 Å². The number of nitrogens with zero attached hydrogens (tertiary/aromatic N) is 2. The van der Waals surface area contributed by atoms with E-state index in [-0.39, 0.29) is 48.6 Å². The fourth-order valence-corrected chi connectivity index (χ4v) is 4.32. The average Bonchev–Trinajstić information content (AvgIpc) is 3.10. The van der Waals surface area contributed by atoms with Crippen LogP contribution in [-0.4, -0.2) is 26.7 Å². The molecule has 37 heavy (non-hydrogen) atoms. The highest BCUT2D eigenvalue weighted by Gasteiger charge is 2.25. The molecule has 1 unspecified atom stereocenters. The minimum absolute atomic E-state index is 0.00501. The smallest absolute Gasteiger partial charge is 0.306 e. The van der Waals surface area contributed by atoms with Crippen molar-refractivity contribution in [1.29, 1.82) is 0 Å². The van der Waals surface area contributed by atoms with Gasteiger partial charge in [0.1, 0.15) is 29.5 Å². The number of carbonyl (C=O) groups excluding carboxylic acids is 2. The lowest BCUT2D eigenvalue weighted by Gasteiger charge is -2.24. The molecule has 6 nitrogen and oxygen atoms in total. The van der Waals surface area contributed by atoms with Crippen LogP contribution in [0.5, 0.6) is 5.75 Å². The summed E-state index contributed by atoms with van der Waals surface area (Å²) in [7, 11) is 0. The SMILES string of the molecule is Cc1cc(OCc2c(F)cccc2F)c2nc(C)c(C(=O)CCC(CC(=O)OC(C)(C)C)C(C)C)n2c1. The maximum absolute atomic E-state index is 14.1. The first-order valence-electron chi connectivity index (χ1n) is 12.6. The van der Waals surface area contributed by atoms with E-state index in [0.717, 1.165) is 5.56 Å². The first kappa shape index (κ1) is 28.3. The van der Waals surface area contributed by atoms with E-state index in [1.54, 1.807) is 23.6 Å². The standard InChI is InChI=1S/C29H36F2N2O4/c1-17(2)20(14-26(35)37-29(5,6)7)11-12-24(34)27-19(4)32-28-25(13-18(3)15-33(27)28)36-16-21-22(30)9-8-10-23(21)31/h8-10,13,15,17,20H,11-12,14,16H2,1-7H3. The number of fused-ring (bicyclic) bond motifs is 1. The lowest BCUT2D eigenvalue weighted by atomic mass is 9.87. The summed E-state index contributed by atoms with van der Waals surface area (Å²) in [6.45, 7) is 12.8. The second-order valence-corrected chi connectivity index (χ2v) is 10.9. The van der Waals surface area contributed by atoms with Gasteiger partial charge in [0.05, 0.1) is 11.3 Å². The number of rotatable bonds is 10. The maximum Gasteiger partial charge on any atom is 0.306 e. The predicted octanol–water partition coefficient (Wildman–Crippen LogP) is 6.78. The van der Waals surface area contributed by atoms with Crippen LogP contribution in [0.25, 0.3) is 5.65 Å². The number of esters is 1. The molecule has 2 aromatic heterocycles. The van der Waals surface area contributed by atoms with Crippen molar-refractivity contribution in [2.45, 2.75) is 79.9 Å². The molecule has 1 aromatic carbocycles. The van der Waals surface area contributed by atoms with Crippen LogP contribution in [0.4, 0.5) is 8.78 Å². The molecule has 0 aliphatic heterocycles. The van der Waals surface area contributed by atoms with Crippen LogP contribution < -0.4 is 4.74 Å². The molecule has 0 bridgehead atoms. The third-order valence-electron chi connectivity index (χ3n) is 6.23. The van der Waals surface area contributed by atoms with Gasteiger partial charge < -0.3 is 9.47 Å². The highest BCUT2D eigenvalue weighted by Crippen LogP contribution is 2.28. The quantitative estimate of drug-likeness (QED) is 0.220. The Kier molecular flexibility index (Phi) is 8.72. The van der Waals surface area contributed by atoms with E-state index in [1.807, 2.05) is 41.5 Å². The molecular formula is C29H36F2N2O4. The Labute approximate surface area is 217 Å². The topological polar surface area (TPSA) is 69.9 Å². The molecule has 0 radical (unpaired) electrons. The summed E-state index contributed by atoms with van der Waals surface area (Å²) in [5.74, 6) is -1.23. The molecule has 8 heteroatoms. The van der Waals surface area contributed by atoms with Crippen LogP contribution in [-0.2, 0) is 16.1 Å². The van der Waals surface area contributed by atoms with Gasteiger partial charge in [-0.15, -0.1) is 0 Å². The monoisotopic (exact) mass is 514 g/mol. The minimum atomic E-state index is -0.690. The summed E-state index contributed by atoms with van der Waals surface area (Å²) in [5, 5.41) is 0. The molecule has 3 rings (SSSR count). The second kappa shape index (κ2) is 11.4. The van der Waals surface area contributed by atoms with Crippen LogP contribution in [0, 0.1) is 37.3 Å². The first-order chi connectivity index (χ1) is 17.3. The number of ketones is 1. The first-order valence-corrected chi connectivity index (χ1v) is 12.6. The van der Waals surface area contributed by atoms with Gasteiger partial charge in [0.25, 0.3) is 0 Å². The van der Waals surface area contributed by atoms with E-state index >= 15 is 0 Å². The molecule has 0 saturated heterocycles. The van der Waals surface area contributed by atoms with Crippen LogP contribution in [0.2, 0.25) is 0 Å². The highest BCUT2D eigenvalue weighted by molar-refractivity contribution is 5.96. The van der Waals surface area contributed by atoms with Gasteiger partial charge >= 0.3 is 5.97 Å². The Morgan fingerprint density at radius 2 is 1.76 bits per heavy atom. The molecule has 0 N–H and O–H groups in total. The summed E-state index contributed by atoms with van der Waals surface area (Å²) in [5.41, 5.74) is 1.43. The van der Waals surface area contributed by atoms with Crippen LogP contribution in [0.3, 0.4) is 0 Å². The largest absolute Gasteiger partial charge is 0.485 e. The molecular weight excluding hydrogens is 478 g/mol. The summed E-state index contributed by atoms with van der Waals surface area (Å²) in [4.78, 5) is 30.3. The zero-order chi connectivity index (χ0) is 27.5. The Balaban J connectivity index is 1.80. The van der Waals surface area contributed by atoms with E-state index in [1.165, 1.54) is 18.2 Å². The number of benzene rings is 1. The van der Waals surface area contributed by atoms with Crippen molar-refractivity contribution in [2.24, 2.45) is 11.8 Å². The number of hydrogen-bond donors (Lipinski definition) is 0. The third kappa shape index (κ3) is 7.14. The van der Waals surface area contributed by atoms with Crippen molar-refractivity contribution in [1.82, 2.24) is 9.38 Å². The summed E-state index contributed by atoms with van der Waals surface area (Å²) >= 11 is 0. The van der Waals surface area contributed by atoms with Crippen molar-refractivity contribution in [3.63, 3.8) is 0 Å². The Hall–Kier alpha value is -3.29. The molecule has 3 aromatic rings. The number of aromatic nitrogens is 2. The van der Waals surface area contributed by atoms with E-state index in [0.29, 0.717) is 29.2 Å². The van der Waals surface area contributed by atoms with Crippen molar-refractivity contribution < 1.29 is 27.8 Å². The summed E-state index contributed by atoms with van der Waals surface area (Å²) in [6.07, 6.45) is 2.81. The van der Waals surface area contributed by atoms with Crippen molar-refractivity contribution in [3.05, 3.63) is 64.6 Å². The molecule has 0 spiro atoms. The van der Waals surface area contributed by atoms with Crippen molar-refractivity contribution >= 4 is 17.4 Å². The van der Waals surface area contributed by atoms with Gasteiger partial charge in [0, 0.05) is 19.0 Å². The Bertz CT molecular complexity index is 1270. The van der Waals surface area contributed by atoms with Crippen molar-refractivity contribution in [2.75, 3.05) is 0 Å². The molecule has 1 atom stereocenters. The van der Waals surface area contributed by atoms with Gasteiger partial charge in [-0.25, -0.2) is 13.8 Å². The molecule has 0 fully saturated rings. The van der Waals surface area contributed by atoms with Crippen LogP contribution in [0.1, 0.15) is 81.2 Å². The summed E-state index contributed by atoms with van der Waals surface area (Å²) < 4.78 is 41.1. The van der Waals surface area contributed by atoms with Gasteiger partial charge in [-0.1, -0.05) is 19.9 Å². The number of imidazole rings is 1. The zero-order valence-electron chi connectivity index (χ0n) is 22.7. The fourth-order valence-electron chi connectivity index (χ4n) is 4.32. The van der Waals surface area contributed by atoms with Crippen LogP contribution in [0.15, 0.2) is 30.5 Å². The number of pyridine rings is 1. The van der Waals surface area contributed by atoms with E-state index in [9.17, 15) is 18.4 Å². The number of carbonyl (C=O) groups is 2. The third-order valence-corrected chi connectivity index (χ3v) is 6.23. The summed E-state index contributed by atoms with van der Waals surface area (Å²) in [6, 6.07) is 5.38. The molecule has 200 valence electrons. The van der Waals surface area contributed by atoms with Gasteiger partial charge in [-0.3, -0.25) is 14.0 Å². The lowest BCUT2D eigenvalue weighted by molar-refractivity contribution is -0.156. The zero-order valence-corrected chi connectivity index (χ0v) is 22.7. The van der Waals surface area contributed by atoms with Gasteiger partial charge in [0.2, 0.25) is 0 Å². The predicted molar refractivity (Wildman–Crippen MR) is 138 cm³/mol. The molecule has 2 heterocycles. The molecule has 0 aliphatic rings. The fraction of sp³-hybridized carbons (Fsp3) is 0.483. The minimum Gasteiger partial charge on any atom is -0.485 e. The highest BCUT2D eigenvalue weighted by atomic mass is 19.1. The van der Waals surface area contributed by atoms with Gasteiger partial charge in [0.15, 0.2) is 17.2 Å². The maximum atomic E-state index is 14.1. The molecule has 0 aliphatic carbocycles. The number of ether oxygens (including phenoxy) is 2. The van der Waals surface area contributed by atoms with Gasteiger partial charge in [-0.2, -0.15) is 0 Å². The Morgan fingerprint density at radius 3 is 2.35 bits per heavy atom. The van der Waals surface area contributed by atoms with E-state index in [4.69, 9.17) is 9.47 Å². The van der Waals surface area contributed by atoms with Crippen LogP contribution >= 0.6 is 0 Å². The van der Waals surface area contributed by atoms with E-state index in [2.05, 4.69) is 4.98 Å². The second-order valence-electron chi connectivity index (χ2n) is 10.9. The molecule has 0 saturated carbocycles.